The monoisotopic (exact) mass is 372 g/mol. The van der Waals surface area contributed by atoms with E-state index in [1.807, 2.05) is 0 Å². The van der Waals surface area contributed by atoms with Gasteiger partial charge in [0, 0.05) is 25.8 Å². The van der Waals surface area contributed by atoms with E-state index in [4.69, 9.17) is 16.7 Å². The molecule has 0 aliphatic carbocycles. The van der Waals surface area contributed by atoms with E-state index in [9.17, 15) is 14.7 Å². The Morgan fingerprint density at radius 3 is 2.68 bits per heavy atom. The zero-order chi connectivity index (χ0) is 18.2. The Labute approximate surface area is 145 Å². The van der Waals surface area contributed by atoms with E-state index in [0.29, 0.717) is 13.1 Å². The zero-order valence-corrected chi connectivity index (χ0v) is 13.7. The third-order valence-corrected chi connectivity index (χ3v) is 3.02. The Hall–Kier alpha value is -2.54. The Bertz CT molecular complexity index is 810. The second-order valence-electron chi connectivity index (χ2n) is 4.83. The lowest BCUT2D eigenvalue weighted by molar-refractivity contribution is 0.0949. The highest BCUT2D eigenvalue weighted by molar-refractivity contribution is 6.28. The molecule has 12 nitrogen and oxygen atoms in total. The van der Waals surface area contributed by atoms with Crippen molar-refractivity contribution in [3.63, 3.8) is 0 Å². The summed E-state index contributed by atoms with van der Waals surface area (Å²) in [6.07, 6.45) is 0.361. The third-order valence-electron chi connectivity index (χ3n) is 2.85. The average molecular weight is 373 g/mol. The van der Waals surface area contributed by atoms with E-state index < -0.39 is 17.4 Å². The Morgan fingerprint density at radius 2 is 1.96 bits per heavy atom. The molecular weight excluding hydrogens is 356 g/mol. The summed E-state index contributed by atoms with van der Waals surface area (Å²) in [5.41, 5.74) is -1.24. The minimum atomic E-state index is -0.821. The fourth-order valence-electron chi connectivity index (χ4n) is 1.70. The number of halogens is 1. The quantitative estimate of drug-likeness (QED) is 0.243. The summed E-state index contributed by atoms with van der Waals surface area (Å²) in [7, 11) is 0. The molecule has 0 aliphatic rings. The molecule has 13 heteroatoms. The molecule has 0 aromatic carbocycles. The first-order chi connectivity index (χ1) is 12.0. The molecule has 0 saturated carbocycles. The lowest BCUT2D eigenvalue weighted by Gasteiger charge is -2.10. The van der Waals surface area contributed by atoms with E-state index in [0.717, 1.165) is 0 Å². The smallest absolute Gasteiger partial charge is 0.325 e. The molecular formula is C12H17ClN8O4. The van der Waals surface area contributed by atoms with E-state index in [1.54, 1.807) is 0 Å². The van der Waals surface area contributed by atoms with Gasteiger partial charge in [0.2, 0.25) is 17.2 Å². The van der Waals surface area contributed by atoms with Crippen LogP contribution >= 0.6 is 11.6 Å². The number of H-pyrrole nitrogens is 2. The summed E-state index contributed by atoms with van der Waals surface area (Å²) in [6.45, 7) is 0.820. The van der Waals surface area contributed by atoms with Crippen LogP contribution in [0.5, 0.6) is 0 Å². The van der Waals surface area contributed by atoms with Gasteiger partial charge in [0.1, 0.15) is 5.69 Å². The molecule has 136 valence electrons. The Kier molecular flexibility index (Phi) is 6.82. The summed E-state index contributed by atoms with van der Waals surface area (Å²) in [5.74, 6) is 0.191. The van der Waals surface area contributed by atoms with Gasteiger partial charge in [0.25, 0.3) is 5.56 Å². The maximum atomic E-state index is 11.6. The van der Waals surface area contributed by atoms with Gasteiger partial charge in [-0.2, -0.15) is 15.0 Å². The summed E-state index contributed by atoms with van der Waals surface area (Å²) in [5, 5.41) is 26.2. The van der Waals surface area contributed by atoms with Crippen LogP contribution in [0.15, 0.2) is 15.8 Å². The normalized spacial score (nSPS) is 12.0. The van der Waals surface area contributed by atoms with E-state index in [1.165, 1.54) is 6.20 Å². The summed E-state index contributed by atoms with van der Waals surface area (Å²) >= 11 is 5.82. The van der Waals surface area contributed by atoms with Crippen LogP contribution in [0, 0.1) is 0 Å². The third kappa shape index (κ3) is 6.11. The van der Waals surface area contributed by atoms with Crippen LogP contribution in [0.3, 0.4) is 0 Å². The maximum Gasteiger partial charge on any atom is 0.325 e. The number of aromatic amines is 2. The number of rotatable bonds is 9. The molecule has 0 fully saturated rings. The number of hydrogen-bond acceptors (Lipinski definition) is 10. The summed E-state index contributed by atoms with van der Waals surface area (Å²) < 4.78 is 0. The molecule has 25 heavy (non-hydrogen) atoms. The number of anilines is 3. The summed E-state index contributed by atoms with van der Waals surface area (Å²) in [6, 6.07) is 0. The first kappa shape index (κ1) is 18.8. The predicted molar refractivity (Wildman–Crippen MR) is 90.3 cm³/mol. The molecule has 0 saturated heterocycles. The molecule has 0 unspecified atom stereocenters. The molecule has 2 rings (SSSR count). The number of nitrogens with zero attached hydrogens (tertiary/aromatic N) is 3. The Morgan fingerprint density at radius 1 is 1.20 bits per heavy atom. The first-order valence-corrected chi connectivity index (χ1v) is 7.60. The number of aliphatic hydroxyl groups excluding tert-OH is 2. The number of aromatic nitrogens is 5. The number of aliphatic hydroxyl groups is 2. The van der Waals surface area contributed by atoms with Crippen molar-refractivity contribution >= 4 is 29.2 Å². The fourth-order valence-corrected chi connectivity index (χ4v) is 1.86. The first-order valence-electron chi connectivity index (χ1n) is 7.22. The average Bonchev–Trinajstić information content (AvgIpc) is 2.56. The molecule has 1 atom stereocenters. The molecule has 2 heterocycles. The van der Waals surface area contributed by atoms with E-state index in [2.05, 4.69) is 40.9 Å². The second-order valence-corrected chi connectivity index (χ2v) is 5.17. The van der Waals surface area contributed by atoms with Gasteiger partial charge in [-0.3, -0.25) is 9.78 Å². The van der Waals surface area contributed by atoms with Crippen LogP contribution in [0.1, 0.15) is 0 Å². The minimum Gasteiger partial charge on any atom is -0.394 e. The molecule has 0 spiro atoms. The molecule has 0 bridgehead atoms. The van der Waals surface area contributed by atoms with Crippen LogP contribution in [0.2, 0.25) is 5.28 Å². The maximum absolute atomic E-state index is 11.6. The fraction of sp³-hybridized carbons (Fsp3) is 0.417. The molecule has 2 aromatic rings. The number of nitrogens with one attached hydrogen (secondary N) is 5. The lowest BCUT2D eigenvalue weighted by atomic mass is 10.4. The Balaban J connectivity index is 1.95. The van der Waals surface area contributed by atoms with Gasteiger partial charge in [-0.15, -0.1) is 0 Å². The highest BCUT2D eigenvalue weighted by Gasteiger charge is 2.08. The topological polar surface area (TPSA) is 181 Å². The largest absolute Gasteiger partial charge is 0.394 e. The van der Waals surface area contributed by atoms with Gasteiger partial charge >= 0.3 is 5.69 Å². The second kappa shape index (κ2) is 9.08. The van der Waals surface area contributed by atoms with Crippen LogP contribution in [-0.4, -0.2) is 67.5 Å². The SMILES string of the molecule is O=c1[nH]cc(Nc2nc(Cl)nc(NCCNC[C@@H](O)CO)n2)c(=O)[nH]1. The predicted octanol–water partition coefficient (Wildman–Crippen LogP) is -2.00. The lowest BCUT2D eigenvalue weighted by Crippen LogP contribution is -2.32. The van der Waals surface area contributed by atoms with Crippen molar-refractivity contribution in [2.45, 2.75) is 6.10 Å². The highest BCUT2D eigenvalue weighted by atomic mass is 35.5. The molecule has 2 aromatic heterocycles. The minimum absolute atomic E-state index is 0.0173. The summed E-state index contributed by atoms with van der Waals surface area (Å²) in [4.78, 5) is 38.8. The van der Waals surface area contributed by atoms with Gasteiger partial charge < -0.3 is 31.1 Å². The standard InChI is InChI=1S/C12H17ClN8O4/c13-9-19-10(15-2-1-14-3-6(23)5-22)21-11(20-9)17-7-4-16-12(25)18-8(7)24/h4,6,14,22-23H,1-3,5H2,(H2,16,18,24,25)(H2,15,17,19,20,21)/t6-/m1/s1. The van der Waals surface area contributed by atoms with E-state index in [-0.39, 0.29) is 36.0 Å². The van der Waals surface area contributed by atoms with Crippen molar-refractivity contribution in [3.05, 3.63) is 32.3 Å². The van der Waals surface area contributed by atoms with Crippen molar-refractivity contribution in [3.8, 4) is 0 Å². The molecule has 7 N–H and O–H groups in total. The van der Waals surface area contributed by atoms with Crippen molar-refractivity contribution in [1.29, 1.82) is 0 Å². The highest BCUT2D eigenvalue weighted by Crippen LogP contribution is 2.12. The van der Waals surface area contributed by atoms with Crippen LogP contribution < -0.4 is 27.2 Å². The molecule has 0 aliphatic heterocycles. The number of hydrogen-bond donors (Lipinski definition) is 7. The van der Waals surface area contributed by atoms with Gasteiger partial charge in [0.15, 0.2) is 0 Å². The van der Waals surface area contributed by atoms with Gasteiger partial charge in [-0.05, 0) is 11.6 Å². The van der Waals surface area contributed by atoms with E-state index >= 15 is 0 Å². The molecule has 0 radical (unpaired) electrons. The van der Waals surface area contributed by atoms with Crippen LogP contribution in [0.25, 0.3) is 0 Å². The molecule has 0 amide bonds. The van der Waals surface area contributed by atoms with Gasteiger partial charge in [0.05, 0.1) is 12.7 Å². The van der Waals surface area contributed by atoms with Crippen molar-refractivity contribution in [2.24, 2.45) is 0 Å². The van der Waals surface area contributed by atoms with Crippen molar-refractivity contribution < 1.29 is 10.2 Å². The van der Waals surface area contributed by atoms with Crippen LogP contribution in [-0.2, 0) is 0 Å². The van der Waals surface area contributed by atoms with Crippen molar-refractivity contribution in [2.75, 3.05) is 36.9 Å². The van der Waals surface area contributed by atoms with Gasteiger partial charge in [-0.1, -0.05) is 0 Å². The van der Waals surface area contributed by atoms with Gasteiger partial charge in [-0.25, -0.2) is 4.79 Å². The van der Waals surface area contributed by atoms with Crippen molar-refractivity contribution in [1.82, 2.24) is 30.2 Å². The zero-order valence-electron chi connectivity index (χ0n) is 12.9. The van der Waals surface area contributed by atoms with Crippen LogP contribution in [0.4, 0.5) is 17.6 Å².